The topological polar surface area (TPSA) is 66.5 Å². The van der Waals surface area contributed by atoms with Crippen molar-refractivity contribution in [3.63, 3.8) is 0 Å². The molecule has 0 aromatic heterocycles. The van der Waals surface area contributed by atoms with Crippen LogP contribution in [0.1, 0.15) is 25.3 Å². The Bertz CT molecular complexity index is 610. The first-order valence-corrected chi connectivity index (χ1v) is 8.85. The first-order valence-electron chi connectivity index (χ1n) is 6.87. The van der Waals surface area contributed by atoms with E-state index in [-0.39, 0.29) is 17.7 Å². The number of carbonyl (C=O) groups excluding carboxylic acids is 1. The number of piperidine rings is 1. The Kier molecular flexibility index (Phi) is 5.24. The fraction of sp³-hybridized carbons (Fsp3) is 0.500. The molecular weight excluding hydrogens is 312 g/mol. The first kappa shape index (κ1) is 16.3. The minimum Gasteiger partial charge on any atom is -0.354 e. The van der Waals surface area contributed by atoms with Gasteiger partial charge in [0, 0.05) is 31.1 Å². The van der Waals surface area contributed by atoms with Crippen molar-refractivity contribution in [1.29, 1.82) is 0 Å². The molecule has 1 heterocycles. The fourth-order valence-corrected chi connectivity index (χ4v) is 4.35. The minimum atomic E-state index is -3.37. The van der Waals surface area contributed by atoms with Crippen molar-refractivity contribution in [3.05, 3.63) is 34.9 Å². The summed E-state index contributed by atoms with van der Waals surface area (Å²) < 4.78 is 26.3. The maximum Gasteiger partial charge on any atom is 0.218 e. The van der Waals surface area contributed by atoms with Crippen LogP contribution in [0.2, 0.25) is 5.02 Å². The molecule has 1 aliphatic heterocycles. The predicted octanol–water partition coefficient (Wildman–Crippen LogP) is 1.77. The zero-order valence-electron chi connectivity index (χ0n) is 11.9. The lowest BCUT2D eigenvalue weighted by atomic mass is 10.1. The van der Waals surface area contributed by atoms with Gasteiger partial charge < -0.3 is 5.32 Å². The molecule has 5 nitrogen and oxygen atoms in total. The van der Waals surface area contributed by atoms with Crippen LogP contribution in [0, 0.1) is 0 Å². The van der Waals surface area contributed by atoms with Crippen LogP contribution in [-0.2, 0) is 20.6 Å². The Morgan fingerprint density at radius 1 is 1.33 bits per heavy atom. The Balaban J connectivity index is 1.99. The summed E-state index contributed by atoms with van der Waals surface area (Å²) in [6.45, 7) is 2.33. The molecule has 1 amide bonds. The van der Waals surface area contributed by atoms with Crippen molar-refractivity contribution in [2.24, 2.45) is 0 Å². The standard InChI is InChI=1S/C14H19ClN2O3S/c1-11(18)16-13-6-8-17(9-7-13)21(19,20)10-12-4-2-3-5-14(12)15/h2-5,13H,6-10H2,1H3,(H,16,18). The van der Waals surface area contributed by atoms with Gasteiger partial charge in [0.25, 0.3) is 0 Å². The molecule has 0 unspecified atom stereocenters. The Morgan fingerprint density at radius 2 is 1.95 bits per heavy atom. The summed E-state index contributed by atoms with van der Waals surface area (Å²) in [7, 11) is -3.37. The second-order valence-corrected chi connectivity index (χ2v) is 7.60. The zero-order valence-corrected chi connectivity index (χ0v) is 13.5. The van der Waals surface area contributed by atoms with Crippen LogP contribution in [0.15, 0.2) is 24.3 Å². The molecule has 1 aliphatic rings. The van der Waals surface area contributed by atoms with Gasteiger partial charge in [-0.15, -0.1) is 0 Å². The van der Waals surface area contributed by atoms with Gasteiger partial charge in [0.2, 0.25) is 15.9 Å². The highest BCUT2D eigenvalue weighted by molar-refractivity contribution is 7.88. The SMILES string of the molecule is CC(=O)NC1CCN(S(=O)(=O)Cc2ccccc2Cl)CC1. The highest BCUT2D eigenvalue weighted by Gasteiger charge is 2.28. The molecule has 0 atom stereocenters. The van der Waals surface area contributed by atoms with Crippen LogP contribution < -0.4 is 5.32 Å². The number of hydrogen-bond acceptors (Lipinski definition) is 3. The first-order chi connectivity index (χ1) is 9.88. The van der Waals surface area contributed by atoms with Crippen LogP contribution in [-0.4, -0.2) is 37.8 Å². The summed E-state index contributed by atoms with van der Waals surface area (Å²) in [5, 5.41) is 3.30. The van der Waals surface area contributed by atoms with Crippen molar-refractivity contribution < 1.29 is 13.2 Å². The van der Waals surface area contributed by atoms with Gasteiger partial charge in [-0.25, -0.2) is 12.7 Å². The van der Waals surface area contributed by atoms with Gasteiger partial charge in [-0.1, -0.05) is 29.8 Å². The van der Waals surface area contributed by atoms with Gasteiger partial charge in [0.15, 0.2) is 0 Å². The smallest absolute Gasteiger partial charge is 0.218 e. The van der Waals surface area contributed by atoms with Crippen molar-refractivity contribution in [2.75, 3.05) is 13.1 Å². The normalized spacial score (nSPS) is 17.6. The second kappa shape index (κ2) is 6.77. The van der Waals surface area contributed by atoms with Gasteiger partial charge >= 0.3 is 0 Å². The molecule has 0 saturated carbocycles. The summed E-state index contributed by atoms with van der Waals surface area (Å²) in [5.41, 5.74) is 0.614. The predicted molar refractivity (Wildman–Crippen MR) is 82.5 cm³/mol. The number of nitrogens with zero attached hydrogens (tertiary/aromatic N) is 1. The number of benzene rings is 1. The van der Waals surface area contributed by atoms with E-state index in [1.54, 1.807) is 24.3 Å². The third kappa shape index (κ3) is 4.43. The molecule has 2 rings (SSSR count). The zero-order chi connectivity index (χ0) is 15.5. The van der Waals surface area contributed by atoms with E-state index in [4.69, 9.17) is 11.6 Å². The Labute approximate surface area is 130 Å². The van der Waals surface area contributed by atoms with Crippen LogP contribution >= 0.6 is 11.6 Å². The molecule has 1 saturated heterocycles. The van der Waals surface area contributed by atoms with Gasteiger partial charge in [0.05, 0.1) is 5.75 Å². The summed E-state index contributed by atoms with van der Waals surface area (Å²) in [4.78, 5) is 11.0. The largest absolute Gasteiger partial charge is 0.354 e. The summed E-state index contributed by atoms with van der Waals surface area (Å²) in [6, 6.07) is 7.03. The number of sulfonamides is 1. The number of nitrogens with one attached hydrogen (secondary N) is 1. The Morgan fingerprint density at radius 3 is 2.52 bits per heavy atom. The average molecular weight is 331 g/mol. The van der Waals surface area contributed by atoms with E-state index in [0.29, 0.717) is 36.5 Å². The van der Waals surface area contributed by atoms with Crippen molar-refractivity contribution in [3.8, 4) is 0 Å². The number of hydrogen-bond donors (Lipinski definition) is 1. The lowest BCUT2D eigenvalue weighted by molar-refractivity contribution is -0.119. The molecule has 0 spiro atoms. The average Bonchev–Trinajstić information content (AvgIpc) is 2.41. The van der Waals surface area contributed by atoms with Gasteiger partial charge in [-0.2, -0.15) is 0 Å². The van der Waals surface area contributed by atoms with Gasteiger partial charge in [-0.3, -0.25) is 4.79 Å². The summed E-state index contributed by atoms with van der Waals surface area (Å²) in [5.74, 6) is -0.162. The molecule has 116 valence electrons. The van der Waals surface area contributed by atoms with E-state index in [2.05, 4.69) is 5.32 Å². The van der Waals surface area contributed by atoms with Crippen LogP contribution in [0.5, 0.6) is 0 Å². The molecule has 0 bridgehead atoms. The van der Waals surface area contributed by atoms with Crippen LogP contribution in [0.25, 0.3) is 0 Å². The molecule has 1 N–H and O–H groups in total. The van der Waals surface area contributed by atoms with Crippen molar-refractivity contribution in [1.82, 2.24) is 9.62 Å². The lowest BCUT2D eigenvalue weighted by Crippen LogP contribution is -2.46. The van der Waals surface area contributed by atoms with Gasteiger partial charge in [0.1, 0.15) is 0 Å². The number of rotatable bonds is 4. The highest BCUT2D eigenvalue weighted by atomic mass is 35.5. The quantitative estimate of drug-likeness (QED) is 0.915. The van der Waals surface area contributed by atoms with Gasteiger partial charge in [-0.05, 0) is 24.5 Å². The van der Waals surface area contributed by atoms with E-state index < -0.39 is 10.0 Å². The fourth-order valence-electron chi connectivity index (χ4n) is 2.47. The van der Waals surface area contributed by atoms with E-state index in [1.807, 2.05) is 0 Å². The van der Waals surface area contributed by atoms with E-state index in [0.717, 1.165) is 0 Å². The van der Waals surface area contributed by atoms with E-state index in [1.165, 1.54) is 11.2 Å². The molecular formula is C14H19ClN2O3S. The summed E-state index contributed by atoms with van der Waals surface area (Å²) >= 11 is 6.02. The highest BCUT2D eigenvalue weighted by Crippen LogP contribution is 2.22. The molecule has 7 heteroatoms. The van der Waals surface area contributed by atoms with E-state index in [9.17, 15) is 13.2 Å². The second-order valence-electron chi connectivity index (χ2n) is 5.22. The maximum atomic E-state index is 12.4. The monoisotopic (exact) mass is 330 g/mol. The van der Waals surface area contributed by atoms with Crippen LogP contribution in [0.4, 0.5) is 0 Å². The third-order valence-corrected chi connectivity index (χ3v) is 5.75. The lowest BCUT2D eigenvalue weighted by Gasteiger charge is -2.31. The Hall–Kier alpha value is -1.11. The molecule has 0 radical (unpaired) electrons. The molecule has 1 aromatic carbocycles. The molecule has 1 aromatic rings. The van der Waals surface area contributed by atoms with Crippen molar-refractivity contribution in [2.45, 2.75) is 31.6 Å². The molecule has 1 fully saturated rings. The van der Waals surface area contributed by atoms with Crippen molar-refractivity contribution >= 4 is 27.5 Å². The molecule has 0 aliphatic carbocycles. The van der Waals surface area contributed by atoms with Crippen LogP contribution in [0.3, 0.4) is 0 Å². The number of carbonyl (C=O) groups is 1. The third-order valence-electron chi connectivity index (χ3n) is 3.55. The minimum absolute atomic E-state index is 0.0641. The number of amides is 1. The number of halogens is 1. The summed E-state index contributed by atoms with van der Waals surface area (Å²) in [6.07, 6.45) is 1.28. The maximum absolute atomic E-state index is 12.4. The molecule has 21 heavy (non-hydrogen) atoms. The van der Waals surface area contributed by atoms with E-state index >= 15 is 0 Å².